The summed E-state index contributed by atoms with van der Waals surface area (Å²) in [6.07, 6.45) is 0. The van der Waals surface area contributed by atoms with Crippen molar-refractivity contribution >= 4 is 18.3 Å². The molecule has 1 aromatic heterocycles. The molecule has 0 unspecified atom stereocenters. The zero-order valence-corrected chi connectivity index (χ0v) is 14.4. The van der Waals surface area contributed by atoms with Crippen LogP contribution in [-0.4, -0.2) is 60.2 Å². The van der Waals surface area contributed by atoms with Crippen molar-refractivity contribution in [2.24, 2.45) is 0 Å². The normalized spacial score (nSPS) is 14.9. The summed E-state index contributed by atoms with van der Waals surface area (Å²) in [5.41, 5.74) is 1.21. The summed E-state index contributed by atoms with van der Waals surface area (Å²) < 4.78 is 5.18. The summed E-state index contributed by atoms with van der Waals surface area (Å²) in [6, 6.07) is 7.28. The van der Waals surface area contributed by atoms with Crippen molar-refractivity contribution in [3.63, 3.8) is 0 Å². The summed E-state index contributed by atoms with van der Waals surface area (Å²) in [4.78, 5) is 19.0. The summed E-state index contributed by atoms with van der Waals surface area (Å²) in [5.74, 6) is 0.802. The van der Waals surface area contributed by atoms with Crippen LogP contribution in [0.5, 0.6) is 0 Å². The van der Waals surface area contributed by atoms with Gasteiger partial charge in [-0.3, -0.25) is 9.69 Å². The number of aromatic nitrogens is 2. The van der Waals surface area contributed by atoms with Crippen LogP contribution < -0.4 is 10.6 Å². The molecule has 8 heteroatoms. The molecule has 0 atom stereocenters. The fraction of sp³-hybridized carbons (Fsp3) is 0.438. The van der Waals surface area contributed by atoms with Gasteiger partial charge in [-0.2, -0.15) is 4.98 Å². The average molecular weight is 352 g/mol. The second-order valence-corrected chi connectivity index (χ2v) is 5.54. The molecule has 7 nitrogen and oxygen atoms in total. The molecule has 2 aromatic rings. The number of hydrogen-bond donors (Lipinski definition) is 2. The van der Waals surface area contributed by atoms with Gasteiger partial charge in [0.1, 0.15) is 0 Å². The predicted molar refractivity (Wildman–Crippen MR) is 93.4 cm³/mol. The summed E-state index contributed by atoms with van der Waals surface area (Å²) in [6.45, 7) is 7.29. The minimum atomic E-state index is -0.119. The molecule has 0 spiro atoms. The smallest absolute Gasteiger partial charge is 0.258 e. The molecular weight excluding hydrogens is 330 g/mol. The van der Waals surface area contributed by atoms with Crippen molar-refractivity contribution in [2.75, 3.05) is 39.3 Å². The van der Waals surface area contributed by atoms with Crippen molar-refractivity contribution in [1.82, 2.24) is 25.7 Å². The standard InChI is InChI=1S/C16H21N5O2.ClH/c1-12-19-16(23-20-12)14-5-3-2-4-13(14)15(22)18-8-11-21-9-6-17-7-10-21;/h2-5,17H,6-11H2,1H3,(H,18,22);1H. The minimum absolute atomic E-state index is 0. The third kappa shape index (κ3) is 4.53. The van der Waals surface area contributed by atoms with Gasteiger partial charge in [-0.15, -0.1) is 12.4 Å². The number of nitrogens with one attached hydrogen (secondary N) is 2. The number of carbonyl (C=O) groups is 1. The summed E-state index contributed by atoms with van der Waals surface area (Å²) >= 11 is 0. The number of nitrogens with zero attached hydrogens (tertiary/aromatic N) is 3. The van der Waals surface area contributed by atoms with Crippen LogP contribution in [0, 0.1) is 6.92 Å². The number of hydrogen-bond acceptors (Lipinski definition) is 6. The summed E-state index contributed by atoms with van der Waals surface area (Å²) in [5, 5.41) is 10.1. The lowest BCUT2D eigenvalue weighted by Crippen LogP contribution is -2.46. The molecule has 0 saturated carbocycles. The number of carbonyl (C=O) groups excluding carboxylic acids is 1. The Balaban J connectivity index is 0.00000208. The first-order valence-corrected chi connectivity index (χ1v) is 7.85. The highest BCUT2D eigenvalue weighted by Crippen LogP contribution is 2.21. The van der Waals surface area contributed by atoms with Gasteiger partial charge in [-0.1, -0.05) is 17.3 Å². The fourth-order valence-corrected chi connectivity index (χ4v) is 2.63. The van der Waals surface area contributed by atoms with E-state index in [0.717, 1.165) is 32.7 Å². The first-order chi connectivity index (χ1) is 11.2. The van der Waals surface area contributed by atoms with Crippen molar-refractivity contribution in [2.45, 2.75) is 6.92 Å². The lowest BCUT2D eigenvalue weighted by Gasteiger charge is -2.27. The minimum Gasteiger partial charge on any atom is -0.351 e. The van der Waals surface area contributed by atoms with E-state index in [1.807, 2.05) is 18.2 Å². The van der Waals surface area contributed by atoms with Crippen molar-refractivity contribution in [3.8, 4) is 11.5 Å². The topological polar surface area (TPSA) is 83.3 Å². The molecule has 1 aromatic carbocycles. The highest BCUT2D eigenvalue weighted by molar-refractivity contribution is 5.99. The van der Waals surface area contributed by atoms with E-state index in [-0.39, 0.29) is 18.3 Å². The Bertz CT molecular complexity index is 670. The Morgan fingerprint density at radius 1 is 1.33 bits per heavy atom. The molecule has 1 amide bonds. The van der Waals surface area contributed by atoms with Gasteiger partial charge < -0.3 is 15.2 Å². The Kier molecular flexibility index (Phi) is 6.72. The van der Waals surface area contributed by atoms with Crippen LogP contribution in [0.4, 0.5) is 0 Å². The quantitative estimate of drug-likeness (QED) is 0.839. The SMILES string of the molecule is Cc1noc(-c2ccccc2C(=O)NCCN2CCNCC2)n1.Cl. The van der Waals surface area contributed by atoms with E-state index in [1.54, 1.807) is 13.0 Å². The molecule has 1 fully saturated rings. The van der Waals surface area contributed by atoms with Gasteiger partial charge in [0, 0.05) is 39.3 Å². The Morgan fingerprint density at radius 3 is 2.79 bits per heavy atom. The fourth-order valence-electron chi connectivity index (χ4n) is 2.63. The predicted octanol–water partition coefficient (Wildman–Crippen LogP) is 1.10. The third-order valence-corrected chi connectivity index (χ3v) is 3.85. The van der Waals surface area contributed by atoms with Gasteiger partial charge in [0.05, 0.1) is 11.1 Å². The van der Waals surface area contributed by atoms with Crippen LogP contribution in [0.3, 0.4) is 0 Å². The number of aryl methyl sites for hydroxylation is 1. The van der Waals surface area contributed by atoms with Gasteiger partial charge in [0.15, 0.2) is 5.82 Å². The number of halogens is 1. The number of piperazine rings is 1. The van der Waals surface area contributed by atoms with Crippen LogP contribution in [0.15, 0.2) is 28.8 Å². The largest absolute Gasteiger partial charge is 0.351 e. The van der Waals surface area contributed by atoms with Crippen LogP contribution in [-0.2, 0) is 0 Å². The Hall–Kier alpha value is -1.96. The number of benzene rings is 1. The maximum Gasteiger partial charge on any atom is 0.258 e. The van der Waals surface area contributed by atoms with Gasteiger partial charge in [0.25, 0.3) is 11.8 Å². The maximum atomic E-state index is 12.5. The highest BCUT2D eigenvalue weighted by atomic mass is 35.5. The van der Waals surface area contributed by atoms with Crippen molar-refractivity contribution < 1.29 is 9.32 Å². The Morgan fingerprint density at radius 2 is 2.08 bits per heavy atom. The molecule has 1 aliphatic rings. The molecule has 0 aliphatic carbocycles. The van der Waals surface area contributed by atoms with Crippen molar-refractivity contribution in [3.05, 3.63) is 35.7 Å². The number of rotatable bonds is 5. The molecule has 0 bridgehead atoms. The van der Waals surface area contributed by atoms with E-state index in [0.29, 0.717) is 29.4 Å². The van der Waals surface area contributed by atoms with Crippen molar-refractivity contribution in [1.29, 1.82) is 0 Å². The molecule has 1 saturated heterocycles. The third-order valence-electron chi connectivity index (χ3n) is 3.85. The van der Waals surface area contributed by atoms with E-state index in [1.165, 1.54) is 0 Å². The molecular formula is C16H22ClN5O2. The van der Waals surface area contributed by atoms with Crippen LogP contribution in [0.1, 0.15) is 16.2 Å². The zero-order chi connectivity index (χ0) is 16.1. The molecule has 1 aliphatic heterocycles. The monoisotopic (exact) mass is 351 g/mol. The van der Waals surface area contributed by atoms with E-state index < -0.39 is 0 Å². The van der Waals surface area contributed by atoms with E-state index >= 15 is 0 Å². The molecule has 2 N–H and O–H groups in total. The molecule has 0 radical (unpaired) electrons. The maximum absolute atomic E-state index is 12.5. The van der Waals surface area contributed by atoms with Crippen LogP contribution in [0.25, 0.3) is 11.5 Å². The van der Waals surface area contributed by atoms with E-state index in [4.69, 9.17) is 4.52 Å². The summed E-state index contributed by atoms with van der Waals surface area (Å²) in [7, 11) is 0. The molecule has 2 heterocycles. The first kappa shape index (κ1) is 18.4. The second kappa shape index (κ2) is 8.77. The lowest BCUT2D eigenvalue weighted by atomic mass is 10.1. The second-order valence-electron chi connectivity index (χ2n) is 5.54. The molecule has 3 rings (SSSR count). The lowest BCUT2D eigenvalue weighted by molar-refractivity contribution is 0.0947. The zero-order valence-electron chi connectivity index (χ0n) is 13.6. The van der Waals surface area contributed by atoms with Crippen LogP contribution in [0.2, 0.25) is 0 Å². The van der Waals surface area contributed by atoms with E-state index in [9.17, 15) is 4.79 Å². The number of amides is 1. The molecule has 24 heavy (non-hydrogen) atoms. The Labute approximate surface area is 147 Å². The van der Waals surface area contributed by atoms with Gasteiger partial charge in [0.2, 0.25) is 0 Å². The average Bonchev–Trinajstić information content (AvgIpc) is 3.02. The van der Waals surface area contributed by atoms with E-state index in [2.05, 4.69) is 25.7 Å². The van der Waals surface area contributed by atoms with Gasteiger partial charge in [-0.05, 0) is 19.1 Å². The van der Waals surface area contributed by atoms with Gasteiger partial charge in [-0.25, -0.2) is 0 Å². The first-order valence-electron chi connectivity index (χ1n) is 7.85. The molecule has 130 valence electrons. The van der Waals surface area contributed by atoms with Crippen LogP contribution >= 0.6 is 12.4 Å². The van der Waals surface area contributed by atoms with Gasteiger partial charge >= 0.3 is 0 Å². The highest BCUT2D eigenvalue weighted by Gasteiger charge is 2.17.